The van der Waals surface area contributed by atoms with Crippen LogP contribution in [0.3, 0.4) is 0 Å². The van der Waals surface area contributed by atoms with Crippen LogP contribution in [0.4, 0.5) is 11.6 Å². The molecule has 0 aliphatic carbocycles. The number of nitrogens with zero attached hydrogens (tertiary/aromatic N) is 2. The first-order chi connectivity index (χ1) is 8.54. The number of rotatable bonds is 3. The number of aromatic carboxylic acids is 1. The van der Waals surface area contributed by atoms with Crippen LogP contribution < -0.4 is 5.32 Å². The molecule has 18 heavy (non-hydrogen) atoms. The summed E-state index contributed by atoms with van der Waals surface area (Å²) in [7, 11) is 0. The number of aryl methyl sites for hydroxylation is 1. The van der Waals surface area contributed by atoms with Gasteiger partial charge in [-0.3, -0.25) is 0 Å². The molecule has 5 nitrogen and oxygen atoms in total. The van der Waals surface area contributed by atoms with Crippen molar-refractivity contribution in [3.63, 3.8) is 0 Å². The third-order valence-corrected chi connectivity index (χ3v) is 2.43. The largest absolute Gasteiger partial charge is 0.477 e. The monoisotopic (exact) mass is 263 g/mol. The van der Waals surface area contributed by atoms with E-state index in [4.69, 9.17) is 16.7 Å². The summed E-state index contributed by atoms with van der Waals surface area (Å²) in [4.78, 5) is 18.9. The maximum Gasteiger partial charge on any atom is 0.354 e. The van der Waals surface area contributed by atoms with Crippen LogP contribution in [0.2, 0.25) is 5.02 Å². The van der Waals surface area contributed by atoms with Crippen molar-refractivity contribution in [1.29, 1.82) is 0 Å². The molecule has 0 aliphatic rings. The third kappa shape index (κ3) is 2.95. The van der Waals surface area contributed by atoms with Crippen molar-refractivity contribution in [3.05, 3.63) is 46.7 Å². The zero-order valence-electron chi connectivity index (χ0n) is 9.51. The van der Waals surface area contributed by atoms with Crippen molar-refractivity contribution in [2.75, 3.05) is 5.32 Å². The number of hydrogen-bond donors (Lipinski definition) is 2. The molecule has 0 saturated carbocycles. The van der Waals surface area contributed by atoms with Gasteiger partial charge in [0, 0.05) is 16.4 Å². The molecule has 0 fully saturated rings. The number of nitrogens with one attached hydrogen (secondary N) is 1. The lowest BCUT2D eigenvalue weighted by atomic mass is 10.3. The van der Waals surface area contributed by atoms with Gasteiger partial charge >= 0.3 is 5.97 Å². The summed E-state index contributed by atoms with van der Waals surface area (Å²) in [6, 6.07) is 8.37. The summed E-state index contributed by atoms with van der Waals surface area (Å²) < 4.78 is 0. The van der Waals surface area contributed by atoms with Crippen LogP contribution in [0.5, 0.6) is 0 Å². The molecule has 0 spiro atoms. The van der Waals surface area contributed by atoms with Gasteiger partial charge in [0.15, 0.2) is 5.69 Å². The lowest BCUT2D eigenvalue weighted by molar-refractivity contribution is 0.0690. The Morgan fingerprint density at radius 1 is 1.28 bits per heavy atom. The van der Waals surface area contributed by atoms with Gasteiger partial charge in [-0.25, -0.2) is 14.8 Å². The predicted molar refractivity (Wildman–Crippen MR) is 68.5 cm³/mol. The Kier molecular flexibility index (Phi) is 3.43. The van der Waals surface area contributed by atoms with Crippen molar-refractivity contribution < 1.29 is 9.90 Å². The molecule has 0 radical (unpaired) electrons. The molecule has 0 aliphatic heterocycles. The van der Waals surface area contributed by atoms with E-state index in [1.165, 1.54) is 6.07 Å². The zero-order chi connectivity index (χ0) is 13.1. The van der Waals surface area contributed by atoms with Gasteiger partial charge in [-0.2, -0.15) is 0 Å². The highest BCUT2D eigenvalue weighted by molar-refractivity contribution is 6.30. The van der Waals surface area contributed by atoms with E-state index in [1.54, 1.807) is 31.2 Å². The fourth-order valence-corrected chi connectivity index (χ4v) is 1.52. The lowest BCUT2D eigenvalue weighted by Crippen LogP contribution is -2.06. The standard InChI is InChI=1S/C12H10ClN3O2/c1-7-6-10(11(17)18)16-12(14-7)15-9-4-2-8(13)3-5-9/h2-6H,1H3,(H,17,18)(H,14,15,16). The van der Waals surface area contributed by atoms with E-state index in [-0.39, 0.29) is 11.6 Å². The number of halogens is 1. The molecule has 0 bridgehead atoms. The first kappa shape index (κ1) is 12.3. The Balaban J connectivity index is 2.28. The maximum absolute atomic E-state index is 10.9. The lowest BCUT2D eigenvalue weighted by Gasteiger charge is -2.06. The number of carboxylic acid groups (broad SMARTS) is 1. The zero-order valence-corrected chi connectivity index (χ0v) is 10.3. The fourth-order valence-electron chi connectivity index (χ4n) is 1.40. The van der Waals surface area contributed by atoms with E-state index in [2.05, 4.69) is 15.3 Å². The van der Waals surface area contributed by atoms with Crippen LogP contribution in [-0.4, -0.2) is 21.0 Å². The van der Waals surface area contributed by atoms with E-state index < -0.39 is 5.97 Å². The second-order valence-electron chi connectivity index (χ2n) is 3.66. The molecule has 0 amide bonds. The van der Waals surface area contributed by atoms with Crippen molar-refractivity contribution >= 4 is 29.2 Å². The molecule has 0 saturated heterocycles. The molecule has 92 valence electrons. The topological polar surface area (TPSA) is 75.1 Å². The van der Waals surface area contributed by atoms with Crippen LogP contribution in [-0.2, 0) is 0 Å². The van der Waals surface area contributed by atoms with E-state index in [9.17, 15) is 4.79 Å². The van der Waals surface area contributed by atoms with Crippen molar-refractivity contribution in [1.82, 2.24) is 9.97 Å². The number of aromatic nitrogens is 2. The summed E-state index contributed by atoms with van der Waals surface area (Å²) in [6.45, 7) is 1.71. The minimum atomic E-state index is -1.08. The van der Waals surface area contributed by atoms with Crippen LogP contribution in [0, 0.1) is 6.92 Å². The molecule has 2 aromatic rings. The van der Waals surface area contributed by atoms with Gasteiger partial charge in [0.05, 0.1) is 0 Å². The molecule has 6 heteroatoms. The highest BCUT2D eigenvalue weighted by Gasteiger charge is 2.08. The number of benzene rings is 1. The number of anilines is 2. The normalized spacial score (nSPS) is 10.1. The van der Waals surface area contributed by atoms with Gasteiger partial charge in [-0.15, -0.1) is 0 Å². The van der Waals surface area contributed by atoms with Gasteiger partial charge < -0.3 is 10.4 Å². The molecule has 2 rings (SSSR count). The SMILES string of the molecule is Cc1cc(C(=O)O)nc(Nc2ccc(Cl)cc2)n1. The van der Waals surface area contributed by atoms with Crippen molar-refractivity contribution in [2.45, 2.75) is 6.92 Å². The summed E-state index contributed by atoms with van der Waals surface area (Å²) in [5, 5.41) is 12.4. The first-order valence-electron chi connectivity index (χ1n) is 5.16. The summed E-state index contributed by atoms with van der Waals surface area (Å²) in [5.41, 5.74) is 1.28. The maximum atomic E-state index is 10.9. The van der Waals surface area contributed by atoms with Gasteiger partial charge in [0.1, 0.15) is 0 Å². The number of carbonyl (C=O) groups is 1. The average Bonchev–Trinajstić information content (AvgIpc) is 2.31. The average molecular weight is 264 g/mol. The molecule has 0 unspecified atom stereocenters. The van der Waals surface area contributed by atoms with Gasteiger partial charge in [-0.1, -0.05) is 11.6 Å². The number of carboxylic acids is 1. The quantitative estimate of drug-likeness (QED) is 0.891. The van der Waals surface area contributed by atoms with Crippen LogP contribution in [0.25, 0.3) is 0 Å². The first-order valence-corrected chi connectivity index (χ1v) is 5.54. The van der Waals surface area contributed by atoms with E-state index in [1.807, 2.05) is 0 Å². The molecule has 0 atom stereocenters. The highest BCUT2D eigenvalue weighted by Crippen LogP contribution is 2.17. The Morgan fingerprint density at radius 3 is 2.56 bits per heavy atom. The van der Waals surface area contributed by atoms with Crippen molar-refractivity contribution in [3.8, 4) is 0 Å². The molecular formula is C12H10ClN3O2. The minimum absolute atomic E-state index is 0.0426. The molecular weight excluding hydrogens is 254 g/mol. The summed E-state index contributed by atoms with van der Waals surface area (Å²) in [6.07, 6.45) is 0. The highest BCUT2D eigenvalue weighted by atomic mass is 35.5. The van der Waals surface area contributed by atoms with Gasteiger partial charge in [0.25, 0.3) is 0 Å². The molecule has 2 N–H and O–H groups in total. The van der Waals surface area contributed by atoms with Gasteiger partial charge in [0.2, 0.25) is 5.95 Å². The number of hydrogen-bond acceptors (Lipinski definition) is 4. The Hall–Kier alpha value is -2.14. The van der Waals surface area contributed by atoms with E-state index in [0.29, 0.717) is 10.7 Å². The van der Waals surface area contributed by atoms with E-state index in [0.717, 1.165) is 5.69 Å². The van der Waals surface area contributed by atoms with Crippen LogP contribution in [0.1, 0.15) is 16.2 Å². The van der Waals surface area contributed by atoms with Gasteiger partial charge in [-0.05, 0) is 37.3 Å². The second kappa shape index (κ2) is 5.01. The predicted octanol–water partition coefficient (Wildman–Crippen LogP) is 2.88. The Labute approximate surface area is 108 Å². The molecule has 1 heterocycles. The minimum Gasteiger partial charge on any atom is -0.477 e. The second-order valence-corrected chi connectivity index (χ2v) is 4.09. The molecule has 1 aromatic carbocycles. The van der Waals surface area contributed by atoms with E-state index >= 15 is 0 Å². The van der Waals surface area contributed by atoms with Crippen LogP contribution in [0.15, 0.2) is 30.3 Å². The summed E-state index contributed by atoms with van der Waals surface area (Å²) in [5.74, 6) is -0.839. The Bertz CT molecular complexity index is 584. The molecule has 1 aromatic heterocycles. The summed E-state index contributed by atoms with van der Waals surface area (Å²) >= 11 is 5.77. The third-order valence-electron chi connectivity index (χ3n) is 2.17. The van der Waals surface area contributed by atoms with Crippen molar-refractivity contribution in [2.24, 2.45) is 0 Å². The Morgan fingerprint density at radius 2 is 1.94 bits per heavy atom. The van der Waals surface area contributed by atoms with Crippen LogP contribution >= 0.6 is 11.6 Å². The smallest absolute Gasteiger partial charge is 0.354 e. The fraction of sp³-hybridized carbons (Fsp3) is 0.0833.